The minimum Gasteiger partial charge on any atom is -0.282 e. The number of hydrogen-bond acceptors (Lipinski definition) is 7. The smallest absolute Gasteiger partial charge is 0.282 e. The fourth-order valence-electron chi connectivity index (χ4n) is 1.75. The first-order chi connectivity index (χ1) is 9.53. The van der Waals surface area contributed by atoms with Gasteiger partial charge in [-0.25, -0.2) is 4.98 Å². The Morgan fingerprint density at radius 1 is 1.05 bits per heavy atom. The zero-order chi connectivity index (χ0) is 16.0. The van der Waals surface area contributed by atoms with Crippen molar-refractivity contribution in [3.8, 4) is 0 Å². The summed E-state index contributed by atoms with van der Waals surface area (Å²) in [6, 6.07) is 4.95. The molecular weight excluding hydrogens is 328 g/mol. The third kappa shape index (κ3) is 2.69. The predicted molar refractivity (Wildman–Crippen MR) is 68.0 cm³/mol. The fraction of sp³-hybridized carbons (Fsp3) is 0. The Bertz CT molecular complexity index is 965. The van der Waals surface area contributed by atoms with Gasteiger partial charge >= 0.3 is 25.9 Å². The second-order valence-electron chi connectivity index (χ2n) is 3.82. The molecule has 0 aliphatic carbocycles. The second-order valence-corrected chi connectivity index (χ2v) is 6.51. The van der Waals surface area contributed by atoms with Crippen LogP contribution in [0, 0.1) is 10.1 Å². The maximum absolute atomic E-state index is 11.4. The second kappa shape index (κ2) is 4.70. The van der Waals surface area contributed by atoms with E-state index in [1.54, 1.807) is 0 Å². The maximum atomic E-state index is 11.4. The molecule has 10 nitrogen and oxygen atoms in total. The van der Waals surface area contributed by atoms with E-state index in [4.69, 9.17) is 4.55 Å². The van der Waals surface area contributed by atoms with Crippen LogP contribution >= 0.6 is 0 Å². The normalized spacial score (nSPS) is 12.5. The molecule has 0 aliphatic heterocycles. The quantitative estimate of drug-likeness (QED) is 0.465. The van der Waals surface area contributed by atoms with Gasteiger partial charge in [0, 0.05) is 5.39 Å². The Morgan fingerprint density at radius 3 is 2.10 bits per heavy atom. The van der Waals surface area contributed by atoms with Crippen molar-refractivity contribution in [1.82, 2.24) is 4.98 Å². The first kappa shape index (κ1) is 15.2. The predicted octanol–water partition coefficient (Wildman–Crippen LogP) is 0.636. The molecule has 1 aromatic heterocycles. The zero-order valence-corrected chi connectivity index (χ0v) is 11.5. The van der Waals surface area contributed by atoms with Crippen LogP contribution in [0.4, 0.5) is 5.69 Å². The monoisotopic (exact) mass is 334 g/mol. The van der Waals surface area contributed by atoms with Gasteiger partial charge in [-0.3, -0.25) is 19.2 Å². The molecule has 0 saturated heterocycles. The van der Waals surface area contributed by atoms with Gasteiger partial charge in [-0.05, 0) is 6.07 Å². The third-order valence-electron chi connectivity index (χ3n) is 2.47. The van der Waals surface area contributed by atoms with E-state index in [0.29, 0.717) is 0 Å². The summed E-state index contributed by atoms with van der Waals surface area (Å²) >= 11 is 0. The molecule has 2 N–H and O–H groups in total. The summed E-state index contributed by atoms with van der Waals surface area (Å²) in [6.07, 6.45) is 0. The van der Waals surface area contributed by atoms with Crippen molar-refractivity contribution >= 4 is 36.8 Å². The molecule has 112 valence electrons. The van der Waals surface area contributed by atoms with Crippen LogP contribution in [0.3, 0.4) is 0 Å². The Labute approximate surface area is 117 Å². The Kier molecular flexibility index (Phi) is 3.41. The summed E-state index contributed by atoms with van der Waals surface area (Å²) in [5, 5.41) is 9.19. The van der Waals surface area contributed by atoms with E-state index in [1.165, 1.54) is 18.2 Å². The van der Waals surface area contributed by atoms with Crippen molar-refractivity contribution in [3.05, 3.63) is 34.4 Å². The molecule has 0 saturated carbocycles. The van der Waals surface area contributed by atoms with E-state index in [1.807, 2.05) is 0 Å². The van der Waals surface area contributed by atoms with E-state index in [0.717, 1.165) is 6.07 Å². The highest BCUT2D eigenvalue weighted by molar-refractivity contribution is 7.87. The zero-order valence-electron chi connectivity index (χ0n) is 9.86. The third-order valence-corrected chi connectivity index (χ3v) is 4.18. The van der Waals surface area contributed by atoms with Crippen molar-refractivity contribution < 1.29 is 30.9 Å². The van der Waals surface area contributed by atoms with Crippen molar-refractivity contribution in [3.63, 3.8) is 0 Å². The van der Waals surface area contributed by atoms with Crippen molar-refractivity contribution in [2.75, 3.05) is 0 Å². The largest absolute Gasteiger partial charge is 0.330 e. The van der Waals surface area contributed by atoms with Crippen LogP contribution in [0.25, 0.3) is 10.9 Å². The summed E-state index contributed by atoms with van der Waals surface area (Å²) in [5.41, 5.74) is -1.78. The van der Waals surface area contributed by atoms with Crippen LogP contribution in [0.2, 0.25) is 0 Å². The topological polar surface area (TPSA) is 165 Å². The molecule has 0 atom stereocenters. The molecule has 0 unspecified atom stereocenters. The van der Waals surface area contributed by atoms with Gasteiger partial charge in [-0.2, -0.15) is 16.8 Å². The van der Waals surface area contributed by atoms with Crippen LogP contribution in [0.5, 0.6) is 0 Å². The van der Waals surface area contributed by atoms with Crippen molar-refractivity contribution in [1.29, 1.82) is 0 Å². The Hall–Kier alpha value is -2.15. The minimum atomic E-state index is -5.18. The van der Waals surface area contributed by atoms with Crippen LogP contribution in [0.1, 0.15) is 0 Å². The highest BCUT2D eigenvalue weighted by Crippen LogP contribution is 2.35. The lowest BCUT2D eigenvalue weighted by Gasteiger charge is -2.07. The molecule has 0 aliphatic rings. The van der Waals surface area contributed by atoms with E-state index in [9.17, 15) is 31.5 Å². The SMILES string of the molecule is O=[N+]([O-])c1c(S(=O)(=O)O)nc2ccccc2c1S(=O)(=O)O. The molecule has 1 heterocycles. The molecular formula is C9H6N2O8S2. The molecule has 2 rings (SSSR count). The first-order valence-electron chi connectivity index (χ1n) is 5.05. The number of rotatable bonds is 3. The summed E-state index contributed by atoms with van der Waals surface area (Å²) in [7, 11) is -10.3. The van der Waals surface area contributed by atoms with Gasteiger partial charge in [0.05, 0.1) is 10.4 Å². The van der Waals surface area contributed by atoms with Crippen LogP contribution in [0.15, 0.2) is 34.2 Å². The average molecular weight is 334 g/mol. The van der Waals surface area contributed by atoms with Gasteiger partial charge in [0.25, 0.3) is 5.03 Å². The van der Waals surface area contributed by atoms with E-state index in [-0.39, 0.29) is 10.9 Å². The highest BCUT2D eigenvalue weighted by atomic mass is 32.2. The lowest BCUT2D eigenvalue weighted by atomic mass is 10.2. The molecule has 0 bridgehead atoms. The lowest BCUT2D eigenvalue weighted by molar-refractivity contribution is -0.391. The number of pyridine rings is 1. The lowest BCUT2D eigenvalue weighted by Crippen LogP contribution is -2.12. The van der Waals surface area contributed by atoms with Gasteiger partial charge in [0.15, 0.2) is 4.90 Å². The number of fused-ring (bicyclic) bond motifs is 1. The van der Waals surface area contributed by atoms with Gasteiger partial charge in [-0.15, -0.1) is 0 Å². The number of benzene rings is 1. The number of nitro groups is 1. The molecule has 0 radical (unpaired) electrons. The number of para-hydroxylation sites is 1. The van der Waals surface area contributed by atoms with E-state index >= 15 is 0 Å². The molecule has 0 spiro atoms. The van der Waals surface area contributed by atoms with Crippen molar-refractivity contribution in [2.24, 2.45) is 0 Å². The summed E-state index contributed by atoms with van der Waals surface area (Å²) in [5.74, 6) is 0. The molecule has 21 heavy (non-hydrogen) atoms. The summed E-state index contributed by atoms with van der Waals surface area (Å²) in [6.45, 7) is 0. The van der Waals surface area contributed by atoms with Gasteiger partial charge < -0.3 is 0 Å². The summed E-state index contributed by atoms with van der Waals surface area (Å²) < 4.78 is 63.4. The maximum Gasteiger partial charge on any atom is 0.330 e. The molecule has 2 aromatic rings. The fourth-order valence-corrected chi connectivity index (χ4v) is 3.32. The minimum absolute atomic E-state index is 0.261. The van der Waals surface area contributed by atoms with Gasteiger partial charge in [0.1, 0.15) is 0 Å². The highest BCUT2D eigenvalue weighted by Gasteiger charge is 2.37. The molecule has 0 amide bonds. The molecule has 0 fully saturated rings. The number of hydrogen-bond donors (Lipinski definition) is 2. The van der Waals surface area contributed by atoms with Crippen LogP contribution in [-0.2, 0) is 20.2 Å². The van der Waals surface area contributed by atoms with Crippen molar-refractivity contribution in [2.45, 2.75) is 9.92 Å². The van der Waals surface area contributed by atoms with Gasteiger partial charge in [0.2, 0.25) is 0 Å². The summed E-state index contributed by atoms with van der Waals surface area (Å²) in [4.78, 5) is 11.8. The molecule has 12 heteroatoms. The standard InChI is InChI=1S/C9H6N2O8S2/c12-11(13)7-8(20(14,15)16)5-3-1-2-4-6(5)10-9(7)21(17,18)19/h1-4H,(H,14,15,16)(H,17,18,19). The first-order valence-corrected chi connectivity index (χ1v) is 7.93. The Morgan fingerprint density at radius 2 is 1.62 bits per heavy atom. The molecule has 1 aromatic carbocycles. The Balaban J connectivity index is 3.22. The van der Waals surface area contributed by atoms with Gasteiger partial charge in [-0.1, -0.05) is 18.2 Å². The number of aromatic nitrogens is 1. The van der Waals surface area contributed by atoms with E-state index in [2.05, 4.69) is 4.98 Å². The number of nitrogens with zero attached hydrogens (tertiary/aromatic N) is 2. The van der Waals surface area contributed by atoms with E-state index < -0.39 is 40.8 Å². The van der Waals surface area contributed by atoms with Crippen LogP contribution in [-0.4, -0.2) is 35.8 Å². The average Bonchev–Trinajstić information content (AvgIpc) is 2.33. The van der Waals surface area contributed by atoms with Crippen LogP contribution < -0.4 is 0 Å².